The smallest absolute Gasteiger partial charge is 0.324 e. The first-order valence-electron chi connectivity index (χ1n) is 5.06. The highest BCUT2D eigenvalue weighted by atomic mass is 79.9. The summed E-state index contributed by atoms with van der Waals surface area (Å²) < 4.78 is 36.7. The van der Waals surface area contributed by atoms with Crippen LogP contribution in [0.3, 0.4) is 0 Å². The fourth-order valence-corrected chi connectivity index (χ4v) is 2.36. The highest BCUT2D eigenvalue weighted by Crippen LogP contribution is 2.28. The lowest BCUT2D eigenvalue weighted by Gasteiger charge is -2.13. The number of alkyl halides is 3. The van der Waals surface area contributed by atoms with E-state index in [1.807, 2.05) is 0 Å². The minimum atomic E-state index is -4.12. The molecular weight excluding hydrogens is 318 g/mol. The van der Waals surface area contributed by atoms with Gasteiger partial charge in [-0.15, -0.1) is 0 Å². The minimum absolute atomic E-state index is 0.0226. The first kappa shape index (κ1) is 14.8. The molecule has 1 rings (SSSR count). The van der Waals surface area contributed by atoms with E-state index in [1.165, 1.54) is 0 Å². The van der Waals surface area contributed by atoms with Crippen LogP contribution in [0.15, 0.2) is 22.7 Å². The molecule has 0 aliphatic carbocycles. The molecule has 0 aromatic heterocycles. The largest absolute Gasteiger partial charge is 0.389 e. The highest BCUT2D eigenvalue weighted by Gasteiger charge is 2.26. The summed E-state index contributed by atoms with van der Waals surface area (Å²) in [6.07, 6.45) is -4.61. The van der Waals surface area contributed by atoms with E-state index in [4.69, 9.17) is 17.3 Å². The third-order valence-corrected chi connectivity index (χ3v) is 2.96. The van der Waals surface area contributed by atoms with Crippen molar-refractivity contribution in [2.45, 2.75) is 31.5 Å². The molecule has 0 fully saturated rings. The highest BCUT2D eigenvalue weighted by molar-refractivity contribution is 9.10. The van der Waals surface area contributed by atoms with Gasteiger partial charge in [0.25, 0.3) is 0 Å². The Bertz CT molecular complexity index is 361. The van der Waals surface area contributed by atoms with Crippen LogP contribution in [0.25, 0.3) is 0 Å². The summed E-state index contributed by atoms with van der Waals surface area (Å²) >= 11 is 9.10. The summed E-state index contributed by atoms with van der Waals surface area (Å²) in [6.45, 7) is 0. The lowest BCUT2D eigenvalue weighted by atomic mass is 10.0. The first-order valence-corrected chi connectivity index (χ1v) is 6.23. The van der Waals surface area contributed by atoms with Gasteiger partial charge < -0.3 is 5.73 Å². The Balaban J connectivity index is 2.55. The third-order valence-electron chi connectivity index (χ3n) is 2.29. The van der Waals surface area contributed by atoms with Crippen LogP contribution in [0.4, 0.5) is 13.2 Å². The van der Waals surface area contributed by atoms with E-state index < -0.39 is 18.6 Å². The van der Waals surface area contributed by atoms with Crippen molar-refractivity contribution in [3.05, 3.63) is 33.3 Å². The average molecular weight is 331 g/mol. The second-order valence-electron chi connectivity index (χ2n) is 3.82. The van der Waals surface area contributed by atoms with E-state index in [0.29, 0.717) is 5.02 Å². The Labute approximate surface area is 111 Å². The molecule has 0 aliphatic heterocycles. The van der Waals surface area contributed by atoms with Crippen molar-refractivity contribution in [3.8, 4) is 0 Å². The number of hydrogen-bond acceptors (Lipinski definition) is 1. The molecule has 1 nitrogen and oxygen atoms in total. The van der Waals surface area contributed by atoms with Crippen LogP contribution >= 0.6 is 27.5 Å². The van der Waals surface area contributed by atoms with Crippen molar-refractivity contribution >= 4 is 27.5 Å². The van der Waals surface area contributed by atoms with Crippen LogP contribution in [0.2, 0.25) is 5.02 Å². The molecule has 1 aromatic rings. The molecule has 1 unspecified atom stereocenters. The Hall–Kier alpha value is -0.260. The summed E-state index contributed by atoms with van der Waals surface area (Å²) in [4.78, 5) is 0. The molecule has 96 valence electrons. The monoisotopic (exact) mass is 329 g/mol. The molecule has 0 radical (unpaired) electrons. The fraction of sp³-hybridized carbons (Fsp3) is 0.455. The predicted molar refractivity (Wildman–Crippen MR) is 66.0 cm³/mol. The zero-order valence-corrected chi connectivity index (χ0v) is 11.2. The van der Waals surface area contributed by atoms with Gasteiger partial charge in [-0.2, -0.15) is 13.2 Å². The third kappa shape index (κ3) is 5.75. The Kier molecular flexibility index (Phi) is 5.28. The van der Waals surface area contributed by atoms with Gasteiger partial charge in [-0.3, -0.25) is 0 Å². The van der Waals surface area contributed by atoms with E-state index >= 15 is 0 Å². The van der Waals surface area contributed by atoms with Gasteiger partial charge >= 0.3 is 6.18 Å². The summed E-state index contributed by atoms with van der Waals surface area (Å²) in [7, 11) is 0. The van der Waals surface area contributed by atoms with Crippen LogP contribution in [-0.4, -0.2) is 6.18 Å². The van der Waals surface area contributed by atoms with E-state index in [2.05, 4.69) is 15.9 Å². The van der Waals surface area contributed by atoms with Crippen molar-refractivity contribution < 1.29 is 13.2 Å². The zero-order chi connectivity index (χ0) is 13.1. The van der Waals surface area contributed by atoms with Gasteiger partial charge in [-0.1, -0.05) is 27.5 Å². The summed E-state index contributed by atoms with van der Waals surface area (Å²) in [5.41, 5.74) is 6.56. The van der Waals surface area contributed by atoms with Crippen LogP contribution in [0, 0.1) is 0 Å². The second kappa shape index (κ2) is 6.07. The molecule has 0 heterocycles. The van der Waals surface area contributed by atoms with Crippen molar-refractivity contribution in [3.63, 3.8) is 0 Å². The van der Waals surface area contributed by atoms with E-state index in [-0.39, 0.29) is 12.8 Å². The molecule has 0 saturated heterocycles. The van der Waals surface area contributed by atoms with Gasteiger partial charge in [0.05, 0.1) is 0 Å². The minimum Gasteiger partial charge on any atom is -0.324 e. The standard InChI is InChI=1S/C11H12BrClF3N/c12-8-4-7(5-9(13)6-8)10(17)2-1-3-11(14,15)16/h4-6,10H,1-3,17H2. The summed E-state index contributed by atoms with van der Waals surface area (Å²) in [6, 6.07) is 4.72. The molecule has 0 saturated carbocycles. The molecule has 0 aliphatic rings. The van der Waals surface area contributed by atoms with Gasteiger partial charge in [0.2, 0.25) is 0 Å². The number of halogens is 5. The average Bonchev–Trinajstić information content (AvgIpc) is 2.13. The van der Waals surface area contributed by atoms with Crippen molar-refractivity contribution in [1.29, 1.82) is 0 Å². The topological polar surface area (TPSA) is 26.0 Å². The molecule has 0 amide bonds. The van der Waals surface area contributed by atoms with Gasteiger partial charge in [0, 0.05) is 22.0 Å². The van der Waals surface area contributed by atoms with Crippen LogP contribution in [0.5, 0.6) is 0 Å². The Morgan fingerprint density at radius 2 is 1.94 bits per heavy atom. The normalized spacial score (nSPS) is 13.8. The zero-order valence-electron chi connectivity index (χ0n) is 8.90. The molecule has 6 heteroatoms. The molecule has 1 atom stereocenters. The van der Waals surface area contributed by atoms with Crippen LogP contribution in [0.1, 0.15) is 30.9 Å². The lowest BCUT2D eigenvalue weighted by Crippen LogP contribution is -2.13. The molecule has 1 aromatic carbocycles. The Morgan fingerprint density at radius 1 is 1.29 bits per heavy atom. The molecule has 0 spiro atoms. The second-order valence-corrected chi connectivity index (χ2v) is 5.17. The first-order chi connectivity index (χ1) is 7.78. The maximum absolute atomic E-state index is 12.0. The van der Waals surface area contributed by atoms with Gasteiger partial charge in [-0.25, -0.2) is 0 Å². The predicted octanol–water partition coefficient (Wildman–Crippen LogP) is 4.83. The van der Waals surface area contributed by atoms with Crippen molar-refractivity contribution in [2.24, 2.45) is 5.73 Å². The summed E-state index contributed by atoms with van der Waals surface area (Å²) in [5, 5.41) is 0.514. The SMILES string of the molecule is NC(CCCC(F)(F)F)c1cc(Cl)cc(Br)c1. The van der Waals surface area contributed by atoms with Gasteiger partial charge in [-0.05, 0) is 36.6 Å². The van der Waals surface area contributed by atoms with Crippen LogP contribution in [-0.2, 0) is 0 Å². The molecule has 0 bridgehead atoms. The fourth-order valence-electron chi connectivity index (χ4n) is 1.48. The Morgan fingerprint density at radius 3 is 2.47 bits per heavy atom. The van der Waals surface area contributed by atoms with E-state index in [9.17, 15) is 13.2 Å². The molecule has 17 heavy (non-hydrogen) atoms. The van der Waals surface area contributed by atoms with Crippen molar-refractivity contribution in [2.75, 3.05) is 0 Å². The molecular formula is C11H12BrClF3N. The van der Waals surface area contributed by atoms with E-state index in [1.54, 1.807) is 18.2 Å². The van der Waals surface area contributed by atoms with Crippen molar-refractivity contribution in [1.82, 2.24) is 0 Å². The van der Waals surface area contributed by atoms with Gasteiger partial charge in [0.15, 0.2) is 0 Å². The maximum Gasteiger partial charge on any atom is 0.389 e. The summed E-state index contributed by atoms with van der Waals surface area (Å²) in [5.74, 6) is 0. The van der Waals surface area contributed by atoms with E-state index in [0.717, 1.165) is 10.0 Å². The number of rotatable bonds is 4. The lowest BCUT2D eigenvalue weighted by molar-refractivity contribution is -0.135. The van der Waals surface area contributed by atoms with Crippen LogP contribution < -0.4 is 5.73 Å². The number of nitrogens with two attached hydrogens (primary N) is 1. The maximum atomic E-state index is 12.0. The van der Waals surface area contributed by atoms with Gasteiger partial charge in [0.1, 0.15) is 0 Å². The number of hydrogen-bond donors (Lipinski definition) is 1. The number of benzene rings is 1. The molecule has 2 N–H and O–H groups in total. The quantitative estimate of drug-likeness (QED) is 0.840.